The Bertz CT molecular complexity index is 491. The van der Waals surface area contributed by atoms with E-state index in [-0.39, 0.29) is 5.69 Å². The minimum atomic E-state index is -4.20. The Morgan fingerprint density at radius 1 is 1.41 bits per heavy atom. The highest BCUT2D eigenvalue weighted by molar-refractivity contribution is 8.06. The van der Waals surface area contributed by atoms with E-state index >= 15 is 0 Å². The Hall–Kier alpha value is -1.63. The van der Waals surface area contributed by atoms with Gasteiger partial charge in [0.25, 0.3) is 0 Å². The van der Waals surface area contributed by atoms with Crippen molar-refractivity contribution in [2.75, 3.05) is 4.72 Å². The van der Waals surface area contributed by atoms with Crippen molar-refractivity contribution in [2.45, 2.75) is 26.4 Å². The summed E-state index contributed by atoms with van der Waals surface area (Å²) >= 11 is 0. The van der Waals surface area contributed by atoms with E-state index in [0.717, 1.165) is 0 Å². The van der Waals surface area contributed by atoms with Crippen LogP contribution in [0.3, 0.4) is 0 Å². The molecule has 0 aliphatic rings. The maximum Gasteiger partial charge on any atom is 0.445 e. The molecule has 1 N–H and O–H groups in total. The minimum Gasteiger partial charge on any atom is -0.447 e. The third-order valence-corrected chi connectivity index (χ3v) is 2.55. The maximum atomic E-state index is 11.6. The van der Waals surface area contributed by atoms with Gasteiger partial charge in [-0.1, -0.05) is 0 Å². The normalized spacial score (nSPS) is 11.9. The Labute approximate surface area is 100 Å². The number of anilines is 1. The first-order valence-corrected chi connectivity index (χ1v) is 6.35. The van der Waals surface area contributed by atoms with Gasteiger partial charge in [0.2, 0.25) is 0 Å². The number of hydrogen-bond donors (Lipinski definition) is 1. The second kappa shape index (κ2) is 4.70. The third kappa shape index (κ3) is 4.39. The summed E-state index contributed by atoms with van der Waals surface area (Å²) in [5, 5.41) is -1.31. The molecule has 0 radical (unpaired) electrons. The zero-order valence-electron chi connectivity index (χ0n) is 9.80. The lowest BCUT2D eigenvalue weighted by Gasteiger charge is -2.19. The van der Waals surface area contributed by atoms with Crippen LogP contribution < -0.4 is 4.72 Å². The van der Waals surface area contributed by atoms with Crippen LogP contribution in [0.4, 0.5) is 10.5 Å². The van der Waals surface area contributed by atoms with E-state index in [2.05, 4.69) is 9.71 Å². The summed E-state index contributed by atoms with van der Waals surface area (Å²) in [6.07, 6.45) is 2.78. The van der Waals surface area contributed by atoms with Crippen molar-refractivity contribution in [1.82, 2.24) is 4.98 Å². The van der Waals surface area contributed by atoms with E-state index in [4.69, 9.17) is 4.74 Å². The predicted molar refractivity (Wildman–Crippen MR) is 63.0 cm³/mol. The van der Waals surface area contributed by atoms with E-state index in [0.29, 0.717) is 0 Å². The van der Waals surface area contributed by atoms with Gasteiger partial charge < -0.3 is 4.74 Å². The number of nitrogens with zero attached hydrogens (tertiary/aromatic N) is 1. The van der Waals surface area contributed by atoms with Crippen molar-refractivity contribution in [3.63, 3.8) is 0 Å². The van der Waals surface area contributed by atoms with Gasteiger partial charge in [0.15, 0.2) is 0 Å². The molecule has 7 heteroatoms. The number of rotatable bonds is 2. The number of sulfonamides is 1. The van der Waals surface area contributed by atoms with E-state index in [1.807, 2.05) is 0 Å². The molecule has 1 heterocycles. The van der Waals surface area contributed by atoms with Gasteiger partial charge in [0.1, 0.15) is 5.60 Å². The van der Waals surface area contributed by atoms with Gasteiger partial charge in [0.05, 0.1) is 11.9 Å². The number of carbonyl (C=O) groups is 1. The Balaban J connectivity index is 2.80. The van der Waals surface area contributed by atoms with Crippen LogP contribution in [0.25, 0.3) is 0 Å². The van der Waals surface area contributed by atoms with Crippen LogP contribution in [0.1, 0.15) is 20.8 Å². The lowest BCUT2D eigenvalue weighted by Crippen LogP contribution is -2.31. The molecule has 0 atom stereocenters. The van der Waals surface area contributed by atoms with Crippen LogP contribution in [0, 0.1) is 0 Å². The van der Waals surface area contributed by atoms with Crippen LogP contribution in [0.15, 0.2) is 24.5 Å². The number of pyridine rings is 1. The summed E-state index contributed by atoms with van der Waals surface area (Å²) in [7, 11) is -4.20. The second-order valence-electron chi connectivity index (χ2n) is 4.31. The summed E-state index contributed by atoms with van der Waals surface area (Å²) in [6, 6.07) is 3.03. The van der Waals surface area contributed by atoms with Gasteiger partial charge in [-0.25, -0.2) is 4.79 Å². The quantitative estimate of drug-likeness (QED) is 0.817. The molecule has 1 aromatic heterocycles. The Morgan fingerprint density at radius 2 is 2.06 bits per heavy atom. The maximum absolute atomic E-state index is 11.6. The van der Waals surface area contributed by atoms with Gasteiger partial charge >= 0.3 is 15.3 Å². The highest BCUT2D eigenvalue weighted by Crippen LogP contribution is 2.13. The highest BCUT2D eigenvalue weighted by atomic mass is 32.2. The first-order chi connectivity index (χ1) is 7.71. The zero-order valence-corrected chi connectivity index (χ0v) is 10.6. The molecule has 0 fully saturated rings. The summed E-state index contributed by atoms with van der Waals surface area (Å²) in [4.78, 5) is 15.1. The fourth-order valence-electron chi connectivity index (χ4n) is 0.925. The average molecular weight is 258 g/mol. The minimum absolute atomic E-state index is 0.207. The van der Waals surface area contributed by atoms with Gasteiger partial charge in [-0.3, -0.25) is 9.71 Å². The largest absolute Gasteiger partial charge is 0.447 e. The first kappa shape index (κ1) is 13.4. The Morgan fingerprint density at radius 3 is 2.53 bits per heavy atom. The fourth-order valence-corrected chi connectivity index (χ4v) is 1.80. The molecule has 0 aliphatic carbocycles. The lowest BCUT2D eigenvalue weighted by molar-refractivity contribution is 0.0720. The van der Waals surface area contributed by atoms with Gasteiger partial charge in [-0.2, -0.15) is 8.42 Å². The van der Waals surface area contributed by atoms with Crippen LogP contribution in [0.2, 0.25) is 0 Å². The van der Waals surface area contributed by atoms with Gasteiger partial charge in [-0.05, 0) is 32.9 Å². The van der Waals surface area contributed by atoms with Crippen LogP contribution in [0.5, 0.6) is 0 Å². The molecule has 6 nitrogen and oxygen atoms in total. The summed E-state index contributed by atoms with van der Waals surface area (Å²) in [6.45, 7) is 4.76. The lowest BCUT2D eigenvalue weighted by atomic mass is 10.2. The molecule has 0 aliphatic heterocycles. The van der Waals surface area contributed by atoms with Crippen LogP contribution in [-0.4, -0.2) is 24.3 Å². The number of ether oxygens (including phenoxy) is 1. The molecule has 0 bridgehead atoms. The smallest absolute Gasteiger partial charge is 0.445 e. The molecule has 0 saturated heterocycles. The second-order valence-corrected chi connectivity index (χ2v) is 5.86. The van der Waals surface area contributed by atoms with Crippen molar-refractivity contribution in [3.05, 3.63) is 24.5 Å². The summed E-state index contributed by atoms with van der Waals surface area (Å²) < 4.78 is 30.0. The van der Waals surface area contributed by atoms with Crippen molar-refractivity contribution in [1.29, 1.82) is 0 Å². The summed E-state index contributed by atoms with van der Waals surface area (Å²) in [5.41, 5.74) is -0.654. The van der Waals surface area contributed by atoms with E-state index in [1.165, 1.54) is 18.5 Å². The molecule has 0 unspecified atom stereocenters. The molecular formula is C10H14N2O4S. The number of aromatic nitrogens is 1. The predicted octanol–water partition coefficient (Wildman–Crippen LogP) is 1.76. The molecule has 17 heavy (non-hydrogen) atoms. The van der Waals surface area contributed by atoms with Gasteiger partial charge in [-0.15, -0.1) is 0 Å². The fraction of sp³-hybridized carbons (Fsp3) is 0.400. The molecule has 94 valence electrons. The topological polar surface area (TPSA) is 85.4 Å². The monoisotopic (exact) mass is 258 g/mol. The Kier molecular flexibility index (Phi) is 3.72. The SMILES string of the molecule is CC(C)(C)OC(=O)S(=O)(=O)Nc1cccnc1. The third-order valence-electron chi connectivity index (χ3n) is 1.52. The number of hydrogen-bond acceptors (Lipinski definition) is 5. The van der Waals surface area contributed by atoms with E-state index in [9.17, 15) is 13.2 Å². The molecule has 0 amide bonds. The van der Waals surface area contributed by atoms with Crippen molar-refractivity contribution in [2.24, 2.45) is 0 Å². The molecule has 0 aromatic carbocycles. The standard InChI is InChI=1S/C10H14N2O4S/c1-10(2,3)16-9(13)17(14,15)12-8-5-4-6-11-7-8/h4-7,12H,1-3H3. The molecule has 1 rings (SSSR count). The van der Waals surface area contributed by atoms with Crippen molar-refractivity contribution < 1.29 is 17.9 Å². The van der Waals surface area contributed by atoms with E-state index < -0.39 is 20.9 Å². The van der Waals surface area contributed by atoms with Crippen LogP contribution in [-0.2, 0) is 14.8 Å². The van der Waals surface area contributed by atoms with Crippen LogP contribution >= 0.6 is 0 Å². The van der Waals surface area contributed by atoms with Crippen molar-refractivity contribution >= 4 is 21.0 Å². The van der Waals surface area contributed by atoms with Crippen molar-refractivity contribution in [3.8, 4) is 0 Å². The first-order valence-electron chi connectivity index (χ1n) is 4.86. The summed E-state index contributed by atoms with van der Waals surface area (Å²) in [5.74, 6) is 0. The van der Waals surface area contributed by atoms with E-state index in [1.54, 1.807) is 26.8 Å². The highest BCUT2D eigenvalue weighted by Gasteiger charge is 2.28. The zero-order chi connectivity index (χ0) is 13.1. The van der Waals surface area contributed by atoms with Gasteiger partial charge in [0, 0.05) is 6.20 Å². The number of carbonyl (C=O) groups excluding carboxylic acids is 1. The molecule has 1 aromatic rings. The molecular weight excluding hydrogens is 244 g/mol. The molecule has 0 saturated carbocycles. The average Bonchev–Trinajstić information content (AvgIpc) is 2.15. The molecule has 0 spiro atoms. The number of nitrogens with one attached hydrogen (secondary N) is 1.